The van der Waals surface area contributed by atoms with Crippen LogP contribution in [-0.4, -0.2) is 6.54 Å². The maximum absolute atomic E-state index is 6.02. The van der Waals surface area contributed by atoms with E-state index in [1.54, 1.807) is 0 Å². The van der Waals surface area contributed by atoms with Gasteiger partial charge in [-0.25, -0.2) is 0 Å². The van der Waals surface area contributed by atoms with Crippen molar-refractivity contribution in [1.82, 2.24) is 5.32 Å². The summed E-state index contributed by atoms with van der Waals surface area (Å²) in [5.41, 5.74) is 2.63. The van der Waals surface area contributed by atoms with Crippen LogP contribution in [0, 0.1) is 0 Å². The van der Waals surface area contributed by atoms with Crippen LogP contribution >= 0.6 is 0 Å². The molecule has 0 fully saturated rings. The molecule has 0 saturated heterocycles. The Morgan fingerprint density at radius 1 is 0.941 bits per heavy atom. The lowest BCUT2D eigenvalue weighted by molar-refractivity contribution is 0.191. The molecule has 1 aliphatic rings. The molecular weight excluding hydrogens is 210 g/mol. The van der Waals surface area contributed by atoms with Crippen molar-refractivity contribution in [2.45, 2.75) is 12.6 Å². The highest BCUT2D eigenvalue weighted by molar-refractivity contribution is 5.33. The SMILES string of the molecule is c1ccc(OC2CNCc3ccccc32)cc1. The molecule has 17 heavy (non-hydrogen) atoms. The fourth-order valence-corrected chi connectivity index (χ4v) is 2.23. The molecule has 2 aromatic rings. The molecule has 0 aliphatic carbocycles. The van der Waals surface area contributed by atoms with Gasteiger partial charge in [-0.3, -0.25) is 0 Å². The first-order valence-corrected chi connectivity index (χ1v) is 5.94. The van der Waals surface area contributed by atoms with Crippen LogP contribution in [0.5, 0.6) is 5.75 Å². The summed E-state index contributed by atoms with van der Waals surface area (Å²) in [4.78, 5) is 0. The van der Waals surface area contributed by atoms with Gasteiger partial charge in [0.05, 0.1) is 0 Å². The van der Waals surface area contributed by atoms with Crippen molar-refractivity contribution >= 4 is 0 Å². The number of rotatable bonds is 2. The van der Waals surface area contributed by atoms with E-state index in [0.717, 1.165) is 18.8 Å². The smallest absolute Gasteiger partial charge is 0.136 e. The van der Waals surface area contributed by atoms with E-state index in [2.05, 4.69) is 29.6 Å². The van der Waals surface area contributed by atoms with Gasteiger partial charge in [0, 0.05) is 13.1 Å². The van der Waals surface area contributed by atoms with Gasteiger partial charge in [0.2, 0.25) is 0 Å². The van der Waals surface area contributed by atoms with Gasteiger partial charge in [-0.15, -0.1) is 0 Å². The first kappa shape index (κ1) is 10.4. The van der Waals surface area contributed by atoms with E-state index in [0.29, 0.717) is 0 Å². The lowest BCUT2D eigenvalue weighted by Gasteiger charge is -2.27. The van der Waals surface area contributed by atoms with E-state index in [1.165, 1.54) is 11.1 Å². The summed E-state index contributed by atoms with van der Waals surface area (Å²) in [5.74, 6) is 0.927. The predicted octanol–water partition coefficient (Wildman–Crippen LogP) is 2.91. The summed E-state index contributed by atoms with van der Waals surface area (Å²) < 4.78 is 6.02. The van der Waals surface area contributed by atoms with Crippen LogP contribution in [0.4, 0.5) is 0 Å². The molecule has 0 aromatic heterocycles. The van der Waals surface area contributed by atoms with E-state index >= 15 is 0 Å². The summed E-state index contributed by atoms with van der Waals surface area (Å²) in [7, 11) is 0. The normalized spacial score (nSPS) is 18.5. The molecule has 0 amide bonds. The van der Waals surface area contributed by atoms with Gasteiger partial charge in [0.1, 0.15) is 11.9 Å². The Labute approximate surface area is 101 Å². The third-order valence-electron chi connectivity index (χ3n) is 3.07. The fourth-order valence-electron chi connectivity index (χ4n) is 2.23. The van der Waals surface area contributed by atoms with Gasteiger partial charge in [0.25, 0.3) is 0 Å². The molecule has 3 rings (SSSR count). The zero-order valence-electron chi connectivity index (χ0n) is 9.60. The molecule has 1 atom stereocenters. The highest BCUT2D eigenvalue weighted by atomic mass is 16.5. The van der Waals surface area contributed by atoms with Crippen LogP contribution < -0.4 is 10.1 Å². The standard InChI is InChI=1S/C15H15NO/c1-2-7-13(8-3-1)17-15-11-16-10-12-6-4-5-9-14(12)15/h1-9,15-16H,10-11H2. The third-order valence-corrected chi connectivity index (χ3v) is 3.07. The first-order valence-electron chi connectivity index (χ1n) is 5.94. The Kier molecular flexibility index (Phi) is 2.80. The zero-order valence-corrected chi connectivity index (χ0v) is 9.60. The molecular formula is C15H15NO. The Balaban J connectivity index is 1.86. The van der Waals surface area contributed by atoms with Crippen LogP contribution in [0.15, 0.2) is 54.6 Å². The van der Waals surface area contributed by atoms with Crippen molar-refractivity contribution in [3.63, 3.8) is 0 Å². The Hall–Kier alpha value is -1.80. The van der Waals surface area contributed by atoms with E-state index < -0.39 is 0 Å². The predicted molar refractivity (Wildman–Crippen MR) is 68.0 cm³/mol. The molecule has 1 unspecified atom stereocenters. The third kappa shape index (κ3) is 2.17. The molecule has 0 saturated carbocycles. The van der Waals surface area contributed by atoms with E-state index in [4.69, 9.17) is 4.74 Å². The highest BCUT2D eigenvalue weighted by Gasteiger charge is 2.20. The second-order valence-electron chi connectivity index (χ2n) is 4.25. The van der Waals surface area contributed by atoms with Crippen LogP contribution in [0.2, 0.25) is 0 Å². The Morgan fingerprint density at radius 3 is 2.59 bits per heavy atom. The van der Waals surface area contributed by atoms with E-state index in [1.807, 2.05) is 30.3 Å². The summed E-state index contributed by atoms with van der Waals surface area (Å²) in [6, 6.07) is 18.5. The van der Waals surface area contributed by atoms with Crippen molar-refractivity contribution in [1.29, 1.82) is 0 Å². The quantitative estimate of drug-likeness (QED) is 0.848. The van der Waals surface area contributed by atoms with Crippen LogP contribution in [-0.2, 0) is 6.54 Å². The van der Waals surface area contributed by atoms with Crippen molar-refractivity contribution in [2.24, 2.45) is 0 Å². The van der Waals surface area contributed by atoms with Gasteiger partial charge in [0.15, 0.2) is 0 Å². The first-order chi connectivity index (χ1) is 8.43. The van der Waals surface area contributed by atoms with Gasteiger partial charge < -0.3 is 10.1 Å². The number of para-hydroxylation sites is 1. The number of fused-ring (bicyclic) bond motifs is 1. The topological polar surface area (TPSA) is 21.3 Å². The lowest BCUT2D eigenvalue weighted by atomic mass is 9.99. The van der Waals surface area contributed by atoms with E-state index in [-0.39, 0.29) is 6.10 Å². The van der Waals surface area contributed by atoms with Crippen molar-refractivity contribution in [2.75, 3.05) is 6.54 Å². The largest absolute Gasteiger partial charge is 0.484 e. The second kappa shape index (κ2) is 4.60. The molecule has 86 valence electrons. The minimum atomic E-state index is 0.113. The average molecular weight is 225 g/mol. The van der Waals surface area contributed by atoms with Gasteiger partial charge in [-0.2, -0.15) is 0 Å². The van der Waals surface area contributed by atoms with Gasteiger partial charge in [-0.05, 0) is 23.3 Å². The zero-order chi connectivity index (χ0) is 11.5. The Bertz CT molecular complexity index is 495. The minimum absolute atomic E-state index is 0.113. The summed E-state index contributed by atoms with van der Waals surface area (Å²) in [6.07, 6.45) is 0.113. The number of benzene rings is 2. The molecule has 0 radical (unpaired) electrons. The maximum atomic E-state index is 6.02. The summed E-state index contributed by atoms with van der Waals surface area (Å²) >= 11 is 0. The monoisotopic (exact) mass is 225 g/mol. The average Bonchev–Trinajstić information content (AvgIpc) is 2.40. The molecule has 2 heteroatoms. The molecule has 1 aliphatic heterocycles. The van der Waals surface area contributed by atoms with Crippen LogP contribution in [0.25, 0.3) is 0 Å². The fraction of sp³-hybridized carbons (Fsp3) is 0.200. The molecule has 1 N–H and O–H groups in total. The Morgan fingerprint density at radius 2 is 1.71 bits per heavy atom. The van der Waals surface area contributed by atoms with Crippen LogP contribution in [0.3, 0.4) is 0 Å². The van der Waals surface area contributed by atoms with Gasteiger partial charge in [-0.1, -0.05) is 42.5 Å². The number of hydrogen-bond acceptors (Lipinski definition) is 2. The number of ether oxygens (including phenoxy) is 1. The molecule has 0 spiro atoms. The second-order valence-corrected chi connectivity index (χ2v) is 4.25. The molecule has 2 nitrogen and oxygen atoms in total. The van der Waals surface area contributed by atoms with Crippen LogP contribution in [0.1, 0.15) is 17.2 Å². The molecule has 0 bridgehead atoms. The molecule has 2 aromatic carbocycles. The summed E-state index contributed by atoms with van der Waals surface area (Å²) in [5, 5.41) is 3.39. The molecule has 1 heterocycles. The van der Waals surface area contributed by atoms with Crippen molar-refractivity contribution in [3.8, 4) is 5.75 Å². The van der Waals surface area contributed by atoms with E-state index in [9.17, 15) is 0 Å². The highest BCUT2D eigenvalue weighted by Crippen LogP contribution is 2.26. The maximum Gasteiger partial charge on any atom is 0.136 e. The number of hydrogen-bond donors (Lipinski definition) is 1. The lowest BCUT2D eigenvalue weighted by Crippen LogP contribution is -2.31. The minimum Gasteiger partial charge on any atom is -0.484 e. The summed E-state index contributed by atoms with van der Waals surface area (Å²) in [6.45, 7) is 1.80. The van der Waals surface area contributed by atoms with Gasteiger partial charge >= 0.3 is 0 Å². The van der Waals surface area contributed by atoms with Crippen molar-refractivity contribution in [3.05, 3.63) is 65.7 Å². The van der Waals surface area contributed by atoms with Crippen molar-refractivity contribution < 1.29 is 4.74 Å². The number of nitrogens with one attached hydrogen (secondary N) is 1.